The van der Waals surface area contributed by atoms with Crippen molar-refractivity contribution in [3.05, 3.63) is 82.2 Å². The lowest BCUT2D eigenvalue weighted by molar-refractivity contribution is -0.113. The van der Waals surface area contributed by atoms with Gasteiger partial charge in [0.25, 0.3) is 11.8 Å². The van der Waals surface area contributed by atoms with Crippen LogP contribution < -0.4 is 20.1 Å². The Morgan fingerprint density at radius 2 is 1.67 bits per heavy atom. The maximum Gasteiger partial charge on any atom is 0.272 e. The molecule has 2 N–H and O–H groups in total. The number of anilines is 1. The molecule has 1 saturated carbocycles. The third-order valence-electron chi connectivity index (χ3n) is 5.39. The van der Waals surface area contributed by atoms with Crippen molar-refractivity contribution in [2.24, 2.45) is 0 Å². The first-order valence-corrected chi connectivity index (χ1v) is 11.8. The second kappa shape index (κ2) is 10.8. The van der Waals surface area contributed by atoms with Gasteiger partial charge in [-0.2, -0.15) is 0 Å². The van der Waals surface area contributed by atoms with Gasteiger partial charge in [-0.05, 0) is 91.7 Å². The topological polar surface area (TPSA) is 76.7 Å². The van der Waals surface area contributed by atoms with E-state index in [0.29, 0.717) is 17.0 Å². The summed E-state index contributed by atoms with van der Waals surface area (Å²) in [6.07, 6.45) is 6.53. The number of rotatable bonds is 8. The summed E-state index contributed by atoms with van der Waals surface area (Å²) in [5, 5.41) is 7.51. The van der Waals surface area contributed by atoms with Crippen LogP contribution in [0.25, 0.3) is 6.08 Å². The molecule has 0 unspecified atom stereocenters. The van der Waals surface area contributed by atoms with Crippen LogP contribution in [-0.2, 0) is 4.79 Å². The molecular weight excluding hydrogens is 436 g/mol. The highest BCUT2D eigenvalue weighted by molar-refractivity contribution is 7.10. The Balaban J connectivity index is 1.45. The van der Waals surface area contributed by atoms with E-state index >= 15 is 0 Å². The minimum atomic E-state index is -0.408. The fourth-order valence-electron chi connectivity index (χ4n) is 3.62. The molecule has 0 spiro atoms. The molecule has 1 aliphatic rings. The average Bonchev–Trinajstić information content (AvgIpc) is 3.54. The van der Waals surface area contributed by atoms with E-state index in [1.807, 2.05) is 29.6 Å². The van der Waals surface area contributed by atoms with E-state index in [4.69, 9.17) is 9.47 Å². The lowest BCUT2D eigenvalue weighted by Gasteiger charge is -2.14. The second-order valence-corrected chi connectivity index (χ2v) is 8.74. The van der Waals surface area contributed by atoms with Crippen molar-refractivity contribution in [1.82, 2.24) is 5.32 Å². The minimum Gasteiger partial charge on any atom is -0.497 e. The van der Waals surface area contributed by atoms with Crippen molar-refractivity contribution >= 4 is 34.9 Å². The summed E-state index contributed by atoms with van der Waals surface area (Å²) in [6, 6.07) is 17.8. The van der Waals surface area contributed by atoms with E-state index < -0.39 is 5.91 Å². The molecule has 2 aromatic carbocycles. The summed E-state index contributed by atoms with van der Waals surface area (Å²) >= 11 is 1.48. The molecule has 6 nitrogen and oxygen atoms in total. The Labute approximate surface area is 197 Å². The summed E-state index contributed by atoms with van der Waals surface area (Å²) in [4.78, 5) is 26.6. The van der Waals surface area contributed by atoms with Gasteiger partial charge in [0.2, 0.25) is 0 Å². The van der Waals surface area contributed by atoms with Crippen molar-refractivity contribution < 1.29 is 19.1 Å². The zero-order chi connectivity index (χ0) is 23.0. The SMILES string of the molecule is COc1ccc(C(=O)N/C(=C\c2cccs2)C(=O)Nc2ccc(OC3CCCC3)cc2)cc1. The van der Waals surface area contributed by atoms with Crippen LogP contribution in [0.1, 0.15) is 40.9 Å². The molecule has 3 aromatic rings. The van der Waals surface area contributed by atoms with Crippen molar-refractivity contribution in [2.45, 2.75) is 31.8 Å². The molecule has 170 valence electrons. The van der Waals surface area contributed by atoms with Crippen LogP contribution >= 0.6 is 11.3 Å². The molecule has 2 amide bonds. The average molecular weight is 463 g/mol. The Hall–Kier alpha value is -3.58. The lowest BCUT2D eigenvalue weighted by Crippen LogP contribution is -2.30. The van der Waals surface area contributed by atoms with E-state index in [2.05, 4.69) is 10.6 Å². The van der Waals surface area contributed by atoms with Crippen molar-refractivity contribution in [2.75, 3.05) is 12.4 Å². The van der Waals surface area contributed by atoms with Crippen LogP contribution in [0.15, 0.2) is 71.7 Å². The maximum atomic E-state index is 13.0. The number of ether oxygens (including phenoxy) is 2. The molecule has 0 radical (unpaired) electrons. The molecule has 0 aliphatic heterocycles. The van der Waals surface area contributed by atoms with Gasteiger partial charge in [-0.3, -0.25) is 9.59 Å². The third-order valence-corrected chi connectivity index (χ3v) is 6.21. The van der Waals surface area contributed by atoms with E-state index in [-0.39, 0.29) is 17.7 Å². The second-order valence-electron chi connectivity index (χ2n) is 7.76. The molecule has 1 aromatic heterocycles. The standard InChI is InChI=1S/C26H26N2O4S/c1-31-20-12-8-18(9-13-20)25(29)28-24(17-23-7-4-16-33-23)26(30)27-19-10-14-22(15-11-19)32-21-5-2-3-6-21/h4,7-17,21H,2-3,5-6H2,1H3,(H,27,30)(H,28,29)/b24-17-. The molecule has 33 heavy (non-hydrogen) atoms. The van der Waals surface area contributed by atoms with Gasteiger partial charge in [-0.1, -0.05) is 6.07 Å². The number of hydrogen-bond acceptors (Lipinski definition) is 5. The van der Waals surface area contributed by atoms with Crippen LogP contribution in [0.4, 0.5) is 5.69 Å². The summed E-state index contributed by atoms with van der Waals surface area (Å²) in [5.41, 5.74) is 1.20. The number of nitrogens with one attached hydrogen (secondary N) is 2. The van der Waals surface area contributed by atoms with Gasteiger partial charge in [0.05, 0.1) is 13.2 Å². The van der Waals surface area contributed by atoms with Gasteiger partial charge < -0.3 is 20.1 Å². The lowest BCUT2D eigenvalue weighted by atomic mass is 10.2. The zero-order valence-corrected chi connectivity index (χ0v) is 19.2. The van der Waals surface area contributed by atoms with E-state index in [1.165, 1.54) is 24.2 Å². The number of benzene rings is 2. The Morgan fingerprint density at radius 1 is 0.970 bits per heavy atom. The van der Waals surface area contributed by atoms with Gasteiger partial charge in [0.1, 0.15) is 17.2 Å². The molecule has 1 fully saturated rings. The highest BCUT2D eigenvalue weighted by Gasteiger charge is 2.17. The third kappa shape index (κ3) is 6.23. The normalized spacial score (nSPS) is 14.0. The van der Waals surface area contributed by atoms with Crippen LogP contribution in [0.3, 0.4) is 0 Å². The predicted octanol–water partition coefficient (Wildman–Crippen LogP) is 5.49. The highest BCUT2D eigenvalue weighted by atomic mass is 32.1. The quantitative estimate of drug-likeness (QED) is 0.434. The molecule has 0 bridgehead atoms. The van der Waals surface area contributed by atoms with Gasteiger partial charge in [0, 0.05) is 16.1 Å². The Morgan fingerprint density at radius 3 is 2.30 bits per heavy atom. The van der Waals surface area contributed by atoms with Crippen molar-refractivity contribution in [3.8, 4) is 11.5 Å². The van der Waals surface area contributed by atoms with E-state index in [9.17, 15) is 9.59 Å². The monoisotopic (exact) mass is 462 g/mol. The van der Waals surface area contributed by atoms with Crippen LogP contribution in [0, 0.1) is 0 Å². The number of hydrogen-bond donors (Lipinski definition) is 2. The Kier molecular flexibility index (Phi) is 7.42. The Bertz CT molecular complexity index is 1100. The van der Waals surface area contributed by atoms with E-state index in [1.54, 1.807) is 49.6 Å². The van der Waals surface area contributed by atoms with Crippen molar-refractivity contribution in [3.63, 3.8) is 0 Å². The number of amides is 2. The number of carbonyl (C=O) groups excluding carboxylic acids is 2. The molecule has 0 saturated heterocycles. The zero-order valence-electron chi connectivity index (χ0n) is 18.4. The van der Waals surface area contributed by atoms with Gasteiger partial charge in [-0.25, -0.2) is 0 Å². The molecule has 0 atom stereocenters. The van der Waals surface area contributed by atoms with Crippen molar-refractivity contribution in [1.29, 1.82) is 0 Å². The first-order chi connectivity index (χ1) is 16.1. The molecular formula is C26H26N2O4S. The minimum absolute atomic E-state index is 0.157. The fraction of sp³-hybridized carbons (Fsp3) is 0.231. The smallest absolute Gasteiger partial charge is 0.272 e. The van der Waals surface area contributed by atoms with Gasteiger partial charge in [0.15, 0.2) is 0 Å². The van der Waals surface area contributed by atoms with Crippen LogP contribution in [-0.4, -0.2) is 25.0 Å². The first-order valence-electron chi connectivity index (χ1n) is 10.9. The first kappa shape index (κ1) is 22.6. The predicted molar refractivity (Wildman–Crippen MR) is 131 cm³/mol. The molecule has 1 heterocycles. The fourth-order valence-corrected chi connectivity index (χ4v) is 4.28. The highest BCUT2D eigenvalue weighted by Crippen LogP contribution is 2.25. The molecule has 4 rings (SSSR count). The number of methoxy groups -OCH3 is 1. The number of thiophene rings is 1. The van der Waals surface area contributed by atoms with Gasteiger partial charge >= 0.3 is 0 Å². The van der Waals surface area contributed by atoms with Crippen LogP contribution in [0.2, 0.25) is 0 Å². The summed E-state index contributed by atoms with van der Waals surface area (Å²) in [7, 11) is 1.56. The maximum absolute atomic E-state index is 13.0. The summed E-state index contributed by atoms with van der Waals surface area (Å²) < 4.78 is 11.1. The summed E-state index contributed by atoms with van der Waals surface area (Å²) in [5.74, 6) is 0.659. The van der Waals surface area contributed by atoms with Gasteiger partial charge in [-0.15, -0.1) is 11.3 Å². The van der Waals surface area contributed by atoms with Crippen LogP contribution in [0.5, 0.6) is 11.5 Å². The molecule has 7 heteroatoms. The number of carbonyl (C=O) groups is 2. The largest absolute Gasteiger partial charge is 0.497 e. The summed E-state index contributed by atoms with van der Waals surface area (Å²) in [6.45, 7) is 0. The van der Waals surface area contributed by atoms with E-state index in [0.717, 1.165) is 23.5 Å². The molecule has 1 aliphatic carbocycles.